The highest BCUT2D eigenvalue weighted by atomic mass is 16.6. The Labute approximate surface area is 203 Å². The molecule has 7 nitrogen and oxygen atoms in total. The number of hydrogen-bond donors (Lipinski definition) is 1. The van der Waals surface area contributed by atoms with Crippen molar-refractivity contribution in [3.05, 3.63) is 59.4 Å². The Balaban J connectivity index is 2.38. The second-order valence-electron chi connectivity index (χ2n) is 9.83. The van der Waals surface area contributed by atoms with Gasteiger partial charge in [-0.1, -0.05) is 43.7 Å². The zero-order valence-electron chi connectivity index (χ0n) is 21.4. The third-order valence-corrected chi connectivity index (χ3v) is 5.16. The van der Waals surface area contributed by atoms with Gasteiger partial charge in [0.05, 0.1) is 17.7 Å². The van der Waals surface area contributed by atoms with Crippen molar-refractivity contribution in [2.45, 2.75) is 79.1 Å². The van der Waals surface area contributed by atoms with E-state index >= 15 is 0 Å². The summed E-state index contributed by atoms with van der Waals surface area (Å²) in [7, 11) is 0. The van der Waals surface area contributed by atoms with Crippen LogP contribution < -0.4 is 5.32 Å². The summed E-state index contributed by atoms with van der Waals surface area (Å²) in [6.45, 7) is 12.7. The summed E-state index contributed by atoms with van der Waals surface area (Å²) in [4.78, 5) is 40.4. The molecule has 0 fully saturated rings. The van der Waals surface area contributed by atoms with Crippen molar-refractivity contribution < 1.29 is 23.9 Å². The average molecular weight is 471 g/mol. The van der Waals surface area contributed by atoms with Crippen molar-refractivity contribution in [3.63, 3.8) is 0 Å². The second-order valence-corrected chi connectivity index (χ2v) is 9.83. The van der Waals surface area contributed by atoms with E-state index in [0.29, 0.717) is 17.6 Å². The molecule has 7 heteroatoms. The minimum absolute atomic E-state index is 0.117. The van der Waals surface area contributed by atoms with Crippen LogP contribution in [0.15, 0.2) is 53.9 Å². The summed E-state index contributed by atoms with van der Waals surface area (Å²) in [6.07, 6.45) is 4.33. The smallest absolute Gasteiger partial charge is 0.336 e. The summed E-state index contributed by atoms with van der Waals surface area (Å²) >= 11 is 0. The molecular formula is C27H38N2O5. The lowest BCUT2D eigenvalue weighted by Gasteiger charge is -2.32. The van der Waals surface area contributed by atoms with E-state index in [4.69, 9.17) is 9.47 Å². The Kier molecular flexibility index (Phi) is 9.47. The van der Waals surface area contributed by atoms with Gasteiger partial charge in [-0.25, -0.2) is 4.79 Å². The average Bonchev–Trinajstić information content (AvgIpc) is 2.73. The molecule has 0 radical (unpaired) electrons. The first-order valence-electron chi connectivity index (χ1n) is 11.9. The Morgan fingerprint density at radius 1 is 1.03 bits per heavy atom. The fourth-order valence-corrected chi connectivity index (χ4v) is 3.74. The topological polar surface area (TPSA) is 84.9 Å². The summed E-state index contributed by atoms with van der Waals surface area (Å²) in [6, 6.07) is 9.43. The van der Waals surface area contributed by atoms with Gasteiger partial charge in [-0.15, -0.1) is 0 Å². The fraction of sp³-hybridized carbons (Fsp3) is 0.519. The predicted octanol–water partition coefficient (Wildman–Crippen LogP) is 4.66. The summed E-state index contributed by atoms with van der Waals surface area (Å²) in [5.41, 5.74) is 1.06. The van der Waals surface area contributed by atoms with Crippen molar-refractivity contribution in [2.75, 3.05) is 6.54 Å². The second kappa shape index (κ2) is 11.9. The molecule has 1 aliphatic heterocycles. The van der Waals surface area contributed by atoms with Crippen molar-refractivity contribution in [1.29, 1.82) is 0 Å². The number of hydrogen-bond acceptors (Lipinski definition) is 6. The molecule has 34 heavy (non-hydrogen) atoms. The van der Waals surface area contributed by atoms with Crippen LogP contribution in [0.5, 0.6) is 0 Å². The molecule has 186 valence electrons. The quantitative estimate of drug-likeness (QED) is 0.529. The molecule has 2 atom stereocenters. The van der Waals surface area contributed by atoms with E-state index in [-0.39, 0.29) is 24.6 Å². The Bertz CT molecular complexity index is 928. The molecule has 0 saturated carbocycles. The molecule has 0 aromatic heterocycles. The molecule has 2 rings (SSSR count). The first-order chi connectivity index (χ1) is 15.9. The number of rotatable bonds is 9. The van der Waals surface area contributed by atoms with Gasteiger partial charge in [-0.3, -0.25) is 9.59 Å². The summed E-state index contributed by atoms with van der Waals surface area (Å²) in [5.74, 6) is -1.67. The normalized spacial score (nSPS) is 16.9. The number of carbonyl (C=O) groups excluding carboxylic acids is 3. The number of nitrogens with zero attached hydrogens (tertiary/aromatic N) is 1. The van der Waals surface area contributed by atoms with E-state index in [1.807, 2.05) is 44.2 Å². The fourth-order valence-electron chi connectivity index (χ4n) is 3.74. The van der Waals surface area contributed by atoms with Crippen molar-refractivity contribution in [2.24, 2.45) is 5.92 Å². The number of ether oxygens (including phenoxy) is 2. The van der Waals surface area contributed by atoms with Crippen molar-refractivity contribution in [3.8, 4) is 0 Å². The summed E-state index contributed by atoms with van der Waals surface area (Å²) < 4.78 is 10.9. The van der Waals surface area contributed by atoms with Crippen LogP contribution in [0.4, 0.5) is 0 Å². The van der Waals surface area contributed by atoms with Crippen LogP contribution in [0.2, 0.25) is 0 Å². The van der Waals surface area contributed by atoms with E-state index in [2.05, 4.69) is 5.32 Å². The molecule has 0 aliphatic carbocycles. The zero-order valence-corrected chi connectivity index (χ0v) is 21.4. The number of nitrogens with one attached hydrogen (secondary N) is 1. The van der Waals surface area contributed by atoms with Gasteiger partial charge in [-0.05, 0) is 53.5 Å². The number of esters is 2. The van der Waals surface area contributed by atoms with Crippen molar-refractivity contribution in [1.82, 2.24) is 10.2 Å². The minimum Gasteiger partial charge on any atom is -0.462 e. The van der Waals surface area contributed by atoms with Crippen LogP contribution in [0.3, 0.4) is 0 Å². The van der Waals surface area contributed by atoms with Crippen LogP contribution >= 0.6 is 0 Å². The molecule has 1 unspecified atom stereocenters. The molecule has 1 aromatic carbocycles. The zero-order chi connectivity index (χ0) is 25.5. The highest BCUT2D eigenvalue weighted by Gasteiger charge is 2.35. The van der Waals surface area contributed by atoms with Crippen LogP contribution in [0.1, 0.15) is 72.9 Å². The van der Waals surface area contributed by atoms with Crippen molar-refractivity contribution >= 4 is 17.8 Å². The molecule has 1 amide bonds. The molecule has 1 heterocycles. The molecule has 0 bridgehead atoms. The van der Waals surface area contributed by atoms with Crippen LogP contribution in [-0.4, -0.2) is 41.0 Å². The molecule has 1 aromatic rings. The molecule has 1 N–H and O–H groups in total. The minimum atomic E-state index is -0.693. The van der Waals surface area contributed by atoms with Gasteiger partial charge in [0.15, 0.2) is 0 Å². The first kappa shape index (κ1) is 27.2. The Hall–Kier alpha value is -3.09. The largest absolute Gasteiger partial charge is 0.462 e. The summed E-state index contributed by atoms with van der Waals surface area (Å²) in [5, 5.41) is 3.04. The van der Waals surface area contributed by atoms with E-state index in [9.17, 15) is 14.4 Å². The highest BCUT2D eigenvalue weighted by Crippen LogP contribution is 2.33. The van der Waals surface area contributed by atoms with E-state index in [1.54, 1.807) is 47.0 Å². The van der Waals surface area contributed by atoms with Gasteiger partial charge in [0.1, 0.15) is 12.1 Å². The standard InChI is InChI=1S/C27H38N2O5/c1-8-12-21-22(25(31)28-19(4)20-13-10-9-11-14-20)15-29(17-24(30)33-18(2)3)16-23(21)26(32)34-27(5,6)7/h9-11,13-16,18-19,21H,8,12,17H2,1-7H3,(H,28,31)/t19-,21?/m1/s1. The Morgan fingerprint density at radius 3 is 2.21 bits per heavy atom. The number of amides is 1. The maximum absolute atomic E-state index is 13.4. The molecule has 0 spiro atoms. The van der Waals surface area contributed by atoms with Gasteiger partial charge in [0.2, 0.25) is 5.91 Å². The first-order valence-corrected chi connectivity index (χ1v) is 11.9. The van der Waals surface area contributed by atoms with Crippen LogP contribution in [-0.2, 0) is 23.9 Å². The van der Waals surface area contributed by atoms with Crippen LogP contribution in [0.25, 0.3) is 0 Å². The molecular weight excluding hydrogens is 432 g/mol. The Morgan fingerprint density at radius 2 is 1.65 bits per heavy atom. The maximum Gasteiger partial charge on any atom is 0.336 e. The van der Waals surface area contributed by atoms with Gasteiger partial charge >= 0.3 is 11.9 Å². The third-order valence-electron chi connectivity index (χ3n) is 5.16. The predicted molar refractivity (Wildman–Crippen MR) is 131 cm³/mol. The van der Waals surface area contributed by atoms with Gasteiger partial charge in [0.25, 0.3) is 0 Å². The van der Waals surface area contributed by atoms with E-state index in [1.165, 1.54) is 4.90 Å². The molecule has 0 saturated heterocycles. The van der Waals surface area contributed by atoms with Crippen LogP contribution in [0, 0.1) is 5.92 Å². The number of carbonyl (C=O) groups is 3. The SMILES string of the molecule is CCCC1C(C(=O)N[C@H](C)c2ccccc2)=CN(CC(=O)OC(C)C)C=C1C(=O)OC(C)(C)C. The maximum atomic E-state index is 13.4. The highest BCUT2D eigenvalue weighted by molar-refractivity contribution is 5.99. The lowest BCUT2D eigenvalue weighted by atomic mass is 9.85. The van der Waals surface area contributed by atoms with Gasteiger partial charge in [0, 0.05) is 23.9 Å². The van der Waals surface area contributed by atoms with E-state index in [0.717, 1.165) is 12.0 Å². The lowest BCUT2D eigenvalue weighted by Crippen LogP contribution is -2.38. The monoisotopic (exact) mass is 470 g/mol. The van der Waals surface area contributed by atoms with E-state index < -0.39 is 23.5 Å². The molecule has 1 aliphatic rings. The lowest BCUT2D eigenvalue weighted by molar-refractivity contribution is -0.151. The third kappa shape index (κ3) is 8.04. The number of benzene rings is 1. The van der Waals surface area contributed by atoms with Gasteiger partial charge < -0.3 is 19.7 Å². The van der Waals surface area contributed by atoms with Gasteiger partial charge in [-0.2, -0.15) is 0 Å².